The molecule has 1 saturated carbocycles. The molecule has 1 aliphatic carbocycles. The first-order valence-electron chi connectivity index (χ1n) is 6.34. The van der Waals surface area contributed by atoms with Crippen LogP contribution < -0.4 is 5.32 Å². The van der Waals surface area contributed by atoms with E-state index >= 15 is 0 Å². The van der Waals surface area contributed by atoms with Crippen LogP contribution in [-0.4, -0.2) is 44.7 Å². The number of amides is 1. The van der Waals surface area contributed by atoms with Crippen LogP contribution in [0.5, 0.6) is 0 Å². The molecule has 0 aromatic heterocycles. The van der Waals surface area contributed by atoms with Gasteiger partial charge in [-0.3, -0.25) is 4.79 Å². The van der Waals surface area contributed by atoms with Gasteiger partial charge < -0.3 is 19.5 Å². The first-order valence-corrected chi connectivity index (χ1v) is 6.34. The van der Waals surface area contributed by atoms with Gasteiger partial charge in [-0.05, 0) is 12.8 Å². The van der Waals surface area contributed by atoms with Crippen LogP contribution in [0.1, 0.15) is 32.1 Å². The maximum atomic E-state index is 11.0. The van der Waals surface area contributed by atoms with Crippen molar-refractivity contribution in [1.82, 2.24) is 5.32 Å². The summed E-state index contributed by atoms with van der Waals surface area (Å²) in [6, 6.07) is 0. The molecule has 1 amide bonds. The molecule has 2 aliphatic rings. The summed E-state index contributed by atoms with van der Waals surface area (Å²) in [6.07, 6.45) is 4.39. The number of hydrogen-bond donors (Lipinski definition) is 1. The second-order valence-corrected chi connectivity index (χ2v) is 4.60. The van der Waals surface area contributed by atoms with Gasteiger partial charge in [0.25, 0.3) is 0 Å². The Morgan fingerprint density at radius 1 is 1.35 bits per heavy atom. The standard InChI is InChI=1S/C12H21NO4/c1-13-11(14)4-7-15-10-2-5-12(6-3-10)16-8-9-17-12/h10H,2-9H2,1H3,(H,13,14). The number of hydrogen-bond acceptors (Lipinski definition) is 4. The fraction of sp³-hybridized carbons (Fsp3) is 0.917. The van der Waals surface area contributed by atoms with Gasteiger partial charge in [0.15, 0.2) is 5.79 Å². The first-order chi connectivity index (χ1) is 8.24. The third-order valence-corrected chi connectivity index (χ3v) is 3.47. The Morgan fingerprint density at radius 3 is 2.59 bits per heavy atom. The number of rotatable bonds is 4. The number of nitrogens with one attached hydrogen (secondary N) is 1. The normalized spacial score (nSPS) is 24.1. The van der Waals surface area contributed by atoms with Crippen LogP contribution in [0.15, 0.2) is 0 Å². The van der Waals surface area contributed by atoms with Crippen LogP contribution in [0.25, 0.3) is 0 Å². The molecule has 1 N–H and O–H groups in total. The molecule has 1 saturated heterocycles. The zero-order chi connectivity index (χ0) is 12.1. The van der Waals surface area contributed by atoms with Gasteiger partial charge in [-0.1, -0.05) is 0 Å². The molecular weight excluding hydrogens is 222 g/mol. The third-order valence-electron chi connectivity index (χ3n) is 3.47. The lowest BCUT2D eigenvalue weighted by atomic mass is 9.92. The topological polar surface area (TPSA) is 56.8 Å². The van der Waals surface area contributed by atoms with E-state index in [2.05, 4.69) is 5.32 Å². The highest BCUT2D eigenvalue weighted by Crippen LogP contribution is 2.36. The number of carbonyl (C=O) groups excluding carboxylic acids is 1. The Hall–Kier alpha value is -0.650. The van der Waals surface area contributed by atoms with Crippen LogP contribution in [0, 0.1) is 0 Å². The van der Waals surface area contributed by atoms with Crippen molar-refractivity contribution in [3.05, 3.63) is 0 Å². The molecule has 2 fully saturated rings. The van der Waals surface area contributed by atoms with Crippen LogP contribution in [0.2, 0.25) is 0 Å². The van der Waals surface area contributed by atoms with Gasteiger partial charge in [0, 0.05) is 26.3 Å². The minimum absolute atomic E-state index is 0.0275. The highest BCUT2D eigenvalue weighted by molar-refractivity contribution is 5.75. The second-order valence-electron chi connectivity index (χ2n) is 4.60. The zero-order valence-electron chi connectivity index (χ0n) is 10.4. The molecule has 0 unspecified atom stereocenters. The maximum absolute atomic E-state index is 11.0. The lowest BCUT2D eigenvalue weighted by molar-refractivity contribution is -0.191. The van der Waals surface area contributed by atoms with Gasteiger partial charge in [0.2, 0.25) is 5.91 Å². The third kappa shape index (κ3) is 3.40. The maximum Gasteiger partial charge on any atom is 0.222 e. The molecule has 5 heteroatoms. The number of ether oxygens (including phenoxy) is 3. The van der Waals surface area contributed by atoms with Gasteiger partial charge in [-0.15, -0.1) is 0 Å². The average molecular weight is 243 g/mol. The molecule has 98 valence electrons. The van der Waals surface area contributed by atoms with Gasteiger partial charge in [-0.2, -0.15) is 0 Å². The molecule has 17 heavy (non-hydrogen) atoms. The van der Waals surface area contributed by atoms with Gasteiger partial charge in [-0.25, -0.2) is 0 Å². The second kappa shape index (κ2) is 5.80. The minimum Gasteiger partial charge on any atom is -0.378 e. The summed E-state index contributed by atoms with van der Waals surface area (Å²) in [5.74, 6) is -0.291. The fourth-order valence-corrected chi connectivity index (χ4v) is 2.43. The lowest BCUT2D eigenvalue weighted by Crippen LogP contribution is -2.37. The van der Waals surface area contributed by atoms with Crippen LogP contribution in [0.3, 0.4) is 0 Å². The van der Waals surface area contributed by atoms with Crippen LogP contribution >= 0.6 is 0 Å². The summed E-state index contributed by atoms with van der Waals surface area (Å²) in [6.45, 7) is 1.92. The molecule has 0 atom stereocenters. The lowest BCUT2D eigenvalue weighted by Gasteiger charge is -2.35. The number of carbonyl (C=O) groups is 1. The summed E-state index contributed by atoms with van der Waals surface area (Å²) < 4.78 is 17.0. The molecule has 2 rings (SSSR count). The predicted molar refractivity (Wildman–Crippen MR) is 61.5 cm³/mol. The van der Waals surface area contributed by atoms with E-state index in [1.165, 1.54) is 0 Å². The molecule has 5 nitrogen and oxygen atoms in total. The van der Waals surface area contributed by atoms with Crippen molar-refractivity contribution >= 4 is 5.91 Å². The van der Waals surface area contributed by atoms with Crippen molar-refractivity contribution < 1.29 is 19.0 Å². The first kappa shape index (κ1) is 12.8. The SMILES string of the molecule is CNC(=O)CCOC1CCC2(CC1)OCCO2. The summed E-state index contributed by atoms with van der Waals surface area (Å²) >= 11 is 0. The van der Waals surface area contributed by atoms with E-state index in [-0.39, 0.29) is 17.8 Å². The van der Waals surface area contributed by atoms with Crippen LogP contribution in [-0.2, 0) is 19.0 Å². The van der Waals surface area contributed by atoms with Crippen LogP contribution in [0.4, 0.5) is 0 Å². The largest absolute Gasteiger partial charge is 0.378 e. The highest BCUT2D eigenvalue weighted by atomic mass is 16.7. The van der Waals surface area contributed by atoms with Crippen molar-refractivity contribution in [2.75, 3.05) is 26.9 Å². The molecule has 0 aromatic rings. The molecule has 1 heterocycles. The van der Waals surface area contributed by atoms with E-state index in [0.717, 1.165) is 25.7 Å². The Morgan fingerprint density at radius 2 is 2.00 bits per heavy atom. The molecule has 1 aliphatic heterocycles. The van der Waals surface area contributed by atoms with E-state index in [1.807, 2.05) is 0 Å². The fourth-order valence-electron chi connectivity index (χ4n) is 2.43. The Bertz CT molecular complexity index is 253. The zero-order valence-corrected chi connectivity index (χ0v) is 10.4. The molecule has 1 spiro atoms. The van der Waals surface area contributed by atoms with E-state index in [0.29, 0.717) is 26.2 Å². The summed E-state index contributed by atoms with van der Waals surface area (Å²) in [5.41, 5.74) is 0. The Labute approximate surface area is 102 Å². The van der Waals surface area contributed by atoms with Crippen molar-refractivity contribution in [1.29, 1.82) is 0 Å². The van der Waals surface area contributed by atoms with Gasteiger partial charge in [0.1, 0.15) is 0 Å². The summed E-state index contributed by atoms with van der Waals surface area (Å²) in [5, 5.41) is 2.58. The molecular formula is C12H21NO4. The van der Waals surface area contributed by atoms with E-state index < -0.39 is 0 Å². The van der Waals surface area contributed by atoms with Crippen molar-refractivity contribution in [3.8, 4) is 0 Å². The smallest absolute Gasteiger partial charge is 0.222 e. The monoisotopic (exact) mass is 243 g/mol. The van der Waals surface area contributed by atoms with Gasteiger partial charge in [0.05, 0.1) is 25.9 Å². The summed E-state index contributed by atoms with van der Waals surface area (Å²) in [4.78, 5) is 11.0. The van der Waals surface area contributed by atoms with E-state index in [9.17, 15) is 4.79 Å². The molecule has 0 radical (unpaired) electrons. The van der Waals surface area contributed by atoms with Gasteiger partial charge >= 0.3 is 0 Å². The predicted octanol–water partition coefficient (Wildman–Crippen LogP) is 0.825. The molecule has 0 bridgehead atoms. The average Bonchev–Trinajstić information content (AvgIpc) is 2.80. The van der Waals surface area contributed by atoms with Crippen molar-refractivity contribution in [2.24, 2.45) is 0 Å². The van der Waals surface area contributed by atoms with E-state index in [1.54, 1.807) is 7.05 Å². The molecule has 0 aromatic carbocycles. The van der Waals surface area contributed by atoms with Crippen molar-refractivity contribution in [3.63, 3.8) is 0 Å². The Kier molecular flexibility index (Phi) is 4.36. The van der Waals surface area contributed by atoms with E-state index in [4.69, 9.17) is 14.2 Å². The minimum atomic E-state index is -0.319. The quantitative estimate of drug-likeness (QED) is 0.794. The highest BCUT2D eigenvalue weighted by Gasteiger charge is 2.40. The Balaban J connectivity index is 1.63. The summed E-state index contributed by atoms with van der Waals surface area (Å²) in [7, 11) is 1.64. The van der Waals surface area contributed by atoms with Crippen molar-refractivity contribution in [2.45, 2.75) is 44.0 Å².